The van der Waals surface area contributed by atoms with Crippen LogP contribution in [0.15, 0.2) is 23.8 Å². The van der Waals surface area contributed by atoms with Gasteiger partial charge in [0.1, 0.15) is 0 Å². The molecule has 56 valence electrons. The number of aryl methyl sites for hydroxylation is 1. The SMILES string of the molecule is CCc1csc2ccncc12. The van der Waals surface area contributed by atoms with E-state index < -0.39 is 0 Å². The highest BCUT2D eigenvalue weighted by atomic mass is 32.1. The molecule has 0 atom stereocenters. The predicted molar refractivity (Wildman–Crippen MR) is 49.0 cm³/mol. The molecule has 0 bridgehead atoms. The smallest absolute Gasteiger partial charge is 0.0376 e. The van der Waals surface area contributed by atoms with E-state index in [1.54, 1.807) is 11.3 Å². The molecule has 2 aromatic heterocycles. The van der Waals surface area contributed by atoms with Crippen LogP contribution >= 0.6 is 11.3 Å². The van der Waals surface area contributed by atoms with Crippen LogP contribution in [-0.4, -0.2) is 4.98 Å². The molecule has 2 heterocycles. The maximum Gasteiger partial charge on any atom is 0.0376 e. The number of aromatic nitrogens is 1. The van der Waals surface area contributed by atoms with Crippen molar-refractivity contribution in [3.05, 3.63) is 29.4 Å². The molecule has 0 aromatic carbocycles. The lowest BCUT2D eigenvalue weighted by atomic mass is 10.2. The molecule has 1 nitrogen and oxygen atoms in total. The van der Waals surface area contributed by atoms with Gasteiger partial charge in [-0.2, -0.15) is 0 Å². The van der Waals surface area contributed by atoms with Gasteiger partial charge in [0, 0.05) is 22.5 Å². The van der Waals surface area contributed by atoms with Crippen LogP contribution in [0.5, 0.6) is 0 Å². The highest BCUT2D eigenvalue weighted by Crippen LogP contribution is 2.24. The molecular weight excluding hydrogens is 154 g/mol. The number of pyridine rings is 1. The second-order valence-corrected chi connectivity index (χ2v) is 3.40. The molecule has 0 radical (unpaired) electrons. The Kier molecular flexibility index (Phi) is 1.62. The number of thiophene rings is 1. The predicted octanol–water partition coefficient (Wildman–Crippen LogP) is 2.86. The first-order valence-corrected chi connectivity index (χ1v) is 4.60. The van der Waals surface area contributed by atoms with Gasteiger partial charge >= 0.3 is 0 Å². The zero-order valence-corrected chi connectivity index (χ0v) is 7.19. The molecule has 0 saturated carbocycles. The summed E-state index contributed by atoms with van der Waals surface area (Å²) in [6.45, 7) is 2.18. The molecule has 2 heteroatoms. The Morgan fingerprint density at radius 2 is 2.45 bits per heavy atom. The third-order valence-corrected chi connectivity index (χ3v) is 2.85. The van der Waals surface area contributed by atoms with Crippen LogP contribution in [0.3, 0.4) is 0 Å². The van der Waals surface area contributed by atoms with E-state index in [2.05, 4.69) is 23.4 Å². The fourth-order valence-corrected chi connectivity index (χ4v) is 2.21. The van der Waals surface area contributed by atoms with Crippen molar-refractivity contribution < 1.29 is 0 Å². The topological polar surface area (TPSA) is 12.9 Å². The minimum Gasteiger partial charge on any atom is -0.264 e. The number of rotatable bonds is 1. The minimum atomic E-state index is 1.10. The van der Waals surface area contributed by atoms with Crippen LogP contribution in [0.2, 0.25) is 0 Å². The lowest BCUT2D eigenvalue weighted by molar-refractivity contribution is 1.17. The molecule has 0 amide bonds. The van der Waals surface area contributed by atoms with Gasteiger partial charge in [-0.3, -0.25) is 4.98 Å². The normalized spacial score (nSPS) is 10.6. The fraction of sp³-hybridized carbons (Fsp3) is 0.222. The summed E-state index contributed by atoms with van der Waals surface area (Å²) in [5.41, 5.74) is 1.41. The first-order valence-electron chi connectivity index (χ1n) is 3.72. The highest BCUT2D eigenvalue weighted by molar-refractivity contribution is 7.17. The summed E-state index contributed by atoms with van der Waals surface area (Å²) in [6.07, 6.45) is 4.90. The standard InChI is InChI=1S/C9H9NS/c1-2-7-6-11-9-3-4-10-5-8(7)9/h3-6H,2H2,1H3. The summed E-state index contributed by atoms with van der Waals surface area (Å²) in [7, 11) is 0. The van der Waals surface area contributed by atoms with E-state index >= 15 is 0 Å². The second-order valence-electron chi connectivity index (χ2n) is 2.49. The Balaban J connectivity index is 2.76. The zero-order valence-electron chi connectivity index (χ0n) is 6.37. The number of hydrogen-bond acceptors (Lipinski definition) is 2. The van der Waals surface area contributed by atoms with Crippen molar-refractivity contribution in [1.29, 1.82) is 0 Å². The lowest BCUT2D eigenvalue weighted by Gasteiger charge is -1.90. The van der Waals surface area contributed by atoms with Gasteiger partial charge in [-0.15, -0.1) is 11.3 Å². The molecule has 0 aliphatic carbocycles. The van der Waals surface area contributed by atoms with Gasteiger partial charge in [-0.1, -0.05) is 6.92 Å². The summed E-state index contributed by atoms with van der Waals surface area (Å²) < 4.78 is 1.34. The molecule has 0 spiro atoms. The Labute approximate surface area is 69.7 Å². The van der Waals surface area contributed by atoms with Crippen molar-refractivity contribution in [3.8, 4) is 0 Å². The average molecular weight is 163 g/mol. The van der Waals surface area contributed by atoms with E-state index in [9.17, 15) is 0 Å². The molecule has 2 aromatic rings. The van der Waals surface area contributed by atoms with Crippen molar-refractivity contribution >= 4 is 21.4 Å². The van der Waals surface area contributed by atoms with Crippen molar-refractivity contribution in [2.45, 2.75) is 13.3 Å². The van der Waals surface area contributed by atoms with Crippen molar-refractivity contribution in [2.24, 2.45) is 0 Å². The molecule has 0 aliphatic heterocycles. The first-order chi connectivity index (χ1) is 5.42. The molecular formula is C9H9NS. The lowest BCUT2D eigenvalue weighted by Crippen LogP contribution is -1.75. The van der Waals surface area contributed by atoms with Crippen molar-refractivity contribution in [2.75, 3.05) is 0 Å². The molecule has 11 heavy (non-hydrogen) atoms. The number of hydrogen-bond donors (Lipinski definition) is 0. The largest absolute Gasteiger partial charge is 0.264 e. The monoisotopic (exact) mass is 163 g/mol. The average Bonchev–Trinajstić information content (AvgIpc) is 2.47. The Hall–Kier alpha value is -0.890. The van der Waals surface area contributed by atoms with Crippen LogP contribution in [0.1, 0.15) is 12.5 Å². The zero-order chi connectivity index (χ0) is 7.68. The van der Waals surface area contributed by atoms with Gasteiger partial charge in [0.05, 0.1) is 0 Å². The summed E-state index contributed by atoms with van der Waals surface area (Å²) >= 11 is 1.80. The maximum absolute atomic E-state index is 4.10. The van der Waals surface area contributed by atoms with Gasteiger partial charge in [-0.25, -0.2) is 0 Å². The summed E-state index contributed by atoms with van der Waals surface area (Å²) in [5.74, 6) is 0. The third kappa shape index (κ3) is 1.03. The van der Waals surface area contributed by atoms with E-state index in [0.717, 1.165) is 6.42 Å². The van der Waals surface area contributed by atoms with Crippen LogP contribution in [0, 0.1) is 0 Å². The molecule has 0 N–H and O–H groups in total. The Morgan fingerprint density at radius 3 is 3.27 bits per heavy atom. The van der Waals surface area contributed by atoms with Gasteiger partial charge in [0.2, 0.25) is 0 Å². The van der Waals surface area contributed by atoms with Gasteiger partial charge in [0.25, 0.3) is 0 Å². The fourth-order valence-electron chi connectivity index (χ4n) is 1.20. The van der Waals surface area contributed by atoms with Gasteiger partial charge in [-0.05, 0) is 23.4 Å². The van der Waals surface area contributed by atoms with Crippen LogP contribution in [-0.2, 0) is 6.42 Å². The summed E-state index contributed by atoms with van der Waals surface area (Å²) in [5, 5.41) is 3.53. The first kappa shape index (κ1) is 6.80. The highest BCUT2D eigenvalue weighted by Gasteiger charge is 1.99. The Bertz CT molecular complexity index is 364. The van der Waals surface area contributed by atoms with Crippen molar-refractivity contribution in [1.82, 2.24) is 4.98 Å². The van der Waals surface area contributed by atoms with E-state index in [0.29, 0.717) is 0 Å². The second kappa shape index (κ2) is 2.62. The van der Waals surface area contributed by atoms with Crippen LogP contribution in [0.4, 0.5) is 0 Å². The van der Waals surface area contributed by atoms with Gasteiger partial charge in [0.15, 0.2) is 0 Å². The van der Waals surface area contributed by atoms with E-state index in [1.165, 1.54) is 15.6 Å². The molecule has 0 unspecified atom stereocenters. The van der Waals surface area contributed by atoms with E-state index in [4.69, 9.17) is 0 Å². The summed E-state index contributed by atoms with van der Waals surface area (Å²) in [4.78, 5) is 4.10. The summed E-state index contributed by atoms with van der Waals surface area (Å²) in [6, 6.07) is 2.07. The van der Waals surface area contributed by atoms with E-state index in [1.807, 2.05) is 12.4 Å². The van der Waals surface area contributed by atoms with Crippen LogP contribution < -0.4 is 0 Å². The van der Waals surface area contributed by atoms with Crippen molar-refractivity contribution in [3.63, 3.8) is 0 Å². The molecule has 0 saturated heterocycles. The number of nitrogens with zero attached hydrogens (tertiary/aromatic N) is 1. The quantitative estimate of drug-likeness (QED) is 0.630. The third-order valence-electron chi connectivity index (χ3n) is 1.84. The van der Waals surface area contributed by atoms with E-state index in [-0.39, 0.29) is 0 Å². The molecule has 0 fully saturated rings. The molecule has 0 aliphatic rings. The maximum atomic E-state index is 4.10. The molecule has 2 rings (SSSR count). The minimum absolute atomic E-state index is 1.10. The Morgan fingerprint density at radius 1 is 1.55 bits per heavy atom. The number of fused-ring (bicyclic) bond motifs is 1. The van der Waals surface area contributed by atoms with Gasteiger partial charge < -0.3 is 0 Å². The van der Waals surface area contributed by atoms with Crippen LogP contribution in [0.25, 0.3) is 10.1 Å².